The fourth-order valence-corrected chi connectivity index (χ4v) is 6.54. The van der Waals surface area contributed by atoms with Gasteiger partial charge in [-0.3, -0.25) is 4.79 Å². The number of benzene rings is 2. The van der Waals surface area contributed by atoms with Crippen molar-refractivity contribution < 1.29 is 13.2 Å². The van der Waals surface area contributed by atoms with Gasteiger partial charge >= 0.3 is 0 Å². The molecular formula is C25H21ClN6O3S. The molecule has 1 fully saturated rings. The van der Waals surface area contributed by atoms with E-state index in [-0.39, 0.29) is 21.5 Å². The van der Waals surface area contributed by atoms with Crippen LogP contribution in [0.4, 0.5) is 0 Å². The summed E-state index contributed by atoms with van der Waals surface area (Å²) in [4.78, 5) is 28.6. The lowest BCUT2D eigenvalue weighted by Crippen LogP contribution is -2.39. The number of piperidine rings is 1. The molecule has 0 spiro atoms. The summed E-state index contributed by atoms with van der Waals surface area (Å²) in [5.41, 5.74) is 3.52. The summed E-state index contributed by atoms with van der Waals surface area (Å²) in [5.74, 6) is 1.33. The maximum Gasteiger partial charge on any atom is 0.243 e. The van der Waals surface area contributed by atoms with Crippen LogP contribution >= 0.6 is 11.6 Å². The number of nitrogens with zero attached hydrogens (tertiary/aromatic N) is 5. The largest absolute Gasteiger partial charge is 0.335 e. The number of para-hydroxylation sites is 2. The summed E-state index contributed by atoms with van der Waals surface area (Å²) < 4.78 is 30.1. The fraction of sp³-hybridized carbons (Fsp3) is 0.200. The summed E-state index contributed by atoms with van der Waals surface area (Å²) in [6.07, 6.45) is 3.49. The van der Waals surface area contributed by atoms with Crippen LogP contribution in [0.15, 0.2) is 65.7 Å². The van der Waals surface area contributed by atoms with Gasteiger partial charge in [0, 0.05) is 30.9 Å². The lowest BCUT2D eigenvalue weighted by atomic mass is 10.1. The van der Waals surface area contributed by atoms with E-state index in [2.05, 4.69) is 14.5 Å². The summed E-state index contributed by atoms with van der Waals surface area (Å²) in [5, 5.41) is 0.118. The number of carbonyl (C=O) groups excluding carboxylic acids is 1. The molecule has 1 aliphatic rings. The Balaban J connectivity index is 1.32. The number of aromatic amines is 1. The normalized spacial score (nSPS) is 15.6. The molecule has 4 heterocycles. The number of H-pyrrole nitrogens is 1. The first-order valence-electron chi connectivity index (χ1n) is 11.5. The Morgan fingerprint density at radius 3 is 2.53 bits per heavy atom. The summed E-state index contributed by atoms with van der Waals surface area (Å²) in [6, 6.07) is 15.7. The van der Waals surface area contributed by atoms with Gasteiger partial charge in [-0.15, -0.1) is 0 Å². The van der Waals surface area contributed by atoms with Crippen LogP contribution in [0.5, 0.6) is 0 Å². The number of halogens is 1. The van der Waals surface area contributed by atoms with Crippen molar-refractivity contribution >= 4 is 50.1 Å². The second-order valence-electron chi connectivity index (χ2n) is 8.69. The first-order valence-corrected chi connectivity index (χ1v) is 13.3. The maximum absolute atomic E-state index is 13.3. The van der Waals surface area contributed by atoms with Crippen LogP contribution in [0.2, 0.25) is 5.02 Å². The molecule has 0 bridgehead atoms. The molecule has 2 aromatic carbocycles. The minimum Gasteiger partial charge on any atom is -0.335 e. The number of carbonyl (C=O) groups is 1. The summed E-state index contributed by atoms with van der Waals surface area (Å²) in [6.45, 7) is 0.651. The van der Waals surface area contributed by atoms with Crippen LogP contribution in [-0.4, -0.2) is 56.6 Å². The van der Waals surface area contributed by atoms with Crippen molar-refractivity contribution in [3.63, 3.8) is 0 Å². The predicted molar refractivity (Wildman–Crippen MR) is 136 cm³/mol. The SMILES string of the molecule is O=Cc1ccc(S(=O)(=O)N2CCC(n3c(-c4nc5ccccc5[nH]4)nc4cccnc43)CC2)cc1Cl. The highest BCUT2D eigenvalue weighted by Gasteiger charge is 2.32. The standard InChI is InChI=1S/C25H21ClN6O3S/c26-19-14-18(8-7-16(19)15-33)36(34,35)31-12-9-17(10-13-31)32-24-22(6-3-11-27-24)30-25(32)23-28-20-4-1-2-5-21(20)29-23/h1-8,11,14-15,17H,9-10,12-13H2,(H,28,29). The molecule has 1 aliphatic heterocycles. The number of pyridine rings is 1. The molecule has 1 saturated heterocycles. The van der Waals surface area contributed by atoms with Crippen molar-refractivity contribution in [2.24, 2.45) is 0 Å². The first-order chi connectivity index (χ1) is 17.5. The van der Waals surface area contributed by atoms with Gasteiger partial charge in [0.15, 0.2) is 23.6 Å². The molecule has 0 aliphatic carbocycles. The molecule has 182 valence electrons. The topological polar surface area (TPSA) is 114 Å². The Bertz CT molecular complexity index is 1690. The van der Waals surface area contributed by atoms with Gasteiger partial charge in [-0.05, 0) is 55.3 Å². The van der Waals surface area contributed by atoms with Crippen molar-refractivity contribution in [1.29, 1.82) is 0 Å². The van der Waals surface area contributed by atoms with E-state index in [1.165, 1.54) is 22.5 Å². The molecule has 1 N–H and O–H groups in total. The van der Waals surface area contributed by atoms with Crippen LogP contribution in [0.1, 0.15) is 29.2 Å². The Morgan fingerprint density at radius 2 is 1.78 bits per heavy atom. The van der Waals surface area contributed by atoms with Crippen LogP contribution in [0.25, 0.3) is 33.8 Å². The van der Waals surface area contributed by atoms with Gasteiger partial charge in [0.25, 0.3) is 0 Å². The van der Waals surface area contributed by atoms with Crippen molar-refractivity contribution in [2.75, 3.05) is 13.1 Å². The van der Waals surface area contributed by atoms with E-state index in [0.29, 0.717) is 43.9 Å². The zero-order valence-corrected chi connectivity index (χ0v) is 20.6. The molecular weight excluding hydrogens is 500 g/mol. The van der Waals surface area contributed by atoms with Gasteiger partial charge in [0.2, 0.25) is 10.0 Å². The molecule has 5 aromatic rings. The number of aromatic nitrogens is 5. The van der Waals surface area contributed by atoms with Gasteiger partial charge in [-0.2, -0.15) is 4.31 Å². The zero-order valence-electron chi connectivity index (χ0n) is 19.0. The molecule has 9 nitrogen and oxygen atoms in total. The Hall–Kier alpha value is -3.60. The number of rotatable bonds is 5. The summed E-state index contributed by atoms with van der Waals surface area (Å²) >= 11 is 6.09. The van der Waals surface area contributed by atoms with Crippen LogP contribution in [-0.2, 0) is 10.0 Å². The number of fused-ring (bicyclic) bond motifs is 2. The number of aldehydes is 1. The molecule has 0 radical (unpaired) electrons. The maximum atomic E-state index is 13.3. The van der Waals surface area contributed by atoms with Gasteiger partial charge < -0.3 is 9.55 Å². The van der Waals surface area contributed by atoms with Crippen LogP contribution in [0.3, 0.4) is 0 Å². The monoisotopic (exact) mass is 520 g/mol. The average molecular weight is 521 g/mol. The highest BCUT2D eigenvalue weighted by Crippen LogP contribution is 2.34. The van der Waals surface area contributed by atoms with Crippen molar-refractivity contribution in [1.82, 2.24) is 28.8 Å². The van der Waals surface area contributed by atoms with Gasteiger partial charge in [-0.1, -0.05) is 23.7 Å². The Kier molecular flexibility index (Phi) is 5.59. The lowest BCUT2D eigenvalue weighted by Gasteiger charge is -2.32. The second-order valence-corrected chi connectivity index (χ2v) is 11.0. The van der Waals surface area contributed by atoms with Crippen LogP contribution < -0.4 is 0 Å². The molecule has 6 rings (SSSR count). The molecule has 0 unspecified atom stereocenters. The Labute approximate surface area is 211 Å². The van der Waals surface area contributed by atoms with Gasteiger partial charge in [0.05, 0.1) is 21.0 Å². The molecule has 0 saturated carbocycles. The van der Waals surface area contributed by atoms with Crippen molar-refractivity contribution in [2.45, 2.75) is 23.8 Å². The molecule has 0 atom stereocenters. The fourth-order valence-electron chi connectivity index (χ4n) is 4.75. The lowest BCUT2D eigenvalue weighted by molar-refractivity contribution is 0.112. The minimum atomic E-state index is -3.75. The highest BCUT2D eigenvalue weighted by atomic mass is 35.5. The molecule has 0 amide bonds. The van der Waals surface area contributed by atoms with Crippen LogP contribution in [0, 0.1) is 0 Å². The number of hydrogen-bond acceptors (Lipinski definition) is 6. The molecule has 36 heavy (non-hydrogen) atoms. The third-order valence-corrected chi connectivity index (χ3v) is 8.80. The average Bonchev–Trinajstić information content (AvgIpc) is 3.50. The van der Waals surface area contributed by atoms with E-state index in [9.17, 15) is 13.2 Å². The van der Waals surface area contributed by atoms with Crippen molar-refractivity contribution in [3.05, 3.63) is 71.4 Å². The number of imidazole rings is 2. The third-order valence-electron chi connectivity index (χ3n) is 6.58. The van der Waals surface area contributed by atoms with Crippen molar-refractivity contribution in [3.8, 4) is 11.6 Å². The third kappa shape index (κ3) is 3.78. The van der Waals surface area contributed by atoms with E-state index in [1.54, 1.807) is 6.20 Å². The van der Waals surface area contributed by atoms with E-state index in [4.69, 9.17) is 21.6 Å². The zero-order chi connectivity index (χ0) is 24.9. The van der Waals surface area contributed by atoms with Gasteiger partial charge in [-0.25, -0.2) is 23.4 Å². The number of nitrogens with one attached hydrogen (secondary N) is 1. The number of sulfonamides is 1. The number of hydrogen-bond donors (Lipinski definition) is 1. The summed E-state index contributed by atoms with van der Waals surface area (Å²) in [7, 11) is -3.75. The minimum absolute atomic E-state index is 0.0133. The Morgan fingerprint density at radius 1 is 1.00 bits per heavy atom. The highest BCUT2D eigenvalue weighted by molar-refractivity contribution is 7.89. The van der Waals surface area contributed by atoms with Gasteiger partial charge in [0.1, 0.15) is 5.52 Å². The predicted octanol–water partition coefficient (Wildman–Crippen LogP) is 4.47. The van der Waals surface area contributed by atoms with E-state index >= 15 is 0 Å². The molecule has 3 aromatic heterocycles. The quantitative estimate of drug-likeness (QED) is 0.342. The van der Waals surface area contributed by atoms with E-state index in [1.807, 2.05) is 36.4 Å². The van der Waals surface area contributed by atoms with E-state index in [0.717, 1.165) is 22.2 Å². The molecule has 11 heteroatoms. The first kappa shape index (κ1) is 22.8. The smallest absolute Gasteiger partial charge is 0.243 e. The second kappa shape index (κ2) is 8.81. The van der Waals surface area contributed by atoms with E-state index < -0.39 is 10.0 Å².